The minimum atomic E-state index is -4.53. The van der Waals surface area contributed by atoms with Gasteiger partial charge in [-0.1, -0.05) is 12.1 Å². The number of benzene rings is 2. The van der Waals surface area contributed by atoms with E-state index >= 15 is 0 Å². The van der Waals surface area contributed by atoms with E-state index in [1.54, 1.807) is 24.3 Å². The van der Waals surface area contributed by atoms with Crippen molar-refractivity contribution < 1.29 is 26.3 Å². The molecular weight excluding hydrogens is 423 g/mol. The molecule has 12 heteroatoms. The summed E-state index contributed by atoms with van der Waals surface area (Å²) in [4.78, 5) is 8.07. The molecule has 0 saturated heterocycles. The molecule has 30 heavy (non-hydrogen) atoms. The molecule has 0 aliphatic carbocycles. The number of sulfonamides is 1. The van der Waals surface area contributed by atoms with Gasteiger partial charge in [0.25, 0.3) is 0 Å². The van der Waals surface area contributed by atoms with Crippen LogP contribution in [0.25, 0.3) is 0 Å². The zero-order chi connectivity index (χ0) is 21.9. The van der Waals surface area contributed by atoms with E-state index in [9.17, 15) is 21.6 Å². The SMILES string of the molecule is COc1ccc(C(F)(F)F)cc1C1N=CN=CN1Nc1cccc(CS(N)(=O)=O)c1. The van der Waals surface area contributed by atoms with Gasteiger partial charge >= 0.3 is 6.18 Å². The molecule has 2 aromatic carbocycles. The van der Waals surface area contributed by atoms with Crippen molar-refractivity contribution in [2.75, 3.05) is 12.5 Å². The van der Waals surface area contributed by atoms with Crippen LogP contribution in [0, 0.1) is 0 Å². The molecule has 1 heterocycles. The van der Waals surface area contributed by atoms with Gasteiger partial charge in [0.05, 0.1) is 24.1 Å². The summed E-state index contributed by atoms with van der Waals surface area (Å²) < 4.78 is 67.5. The number of hydrogen-bond donors (Lipinski definition) is 2. The number of nitrogens with one attached hydrogen (secondary N) is 1. The molecule has 0 amide bonds. The average Bonchev–Trinajstić information content (AvgIpc) is 2.66. The van der Waals surface area contributed by atoms with Crippen molar-refractivity contribution in [2.45, 2.75) is 18.1 Å². The topological polar surface area (TPSA) is 109 Å². The number of hydrogen-bond acceptors (Lipinski definition) is 7. The third-order valence-electron chi connectivity index (χ3n) is 4.12. The van der Waals surface area contributed by atoms with Gasteiger partial charge in [-0.15, -0.1) is 0 Å². The van der Waals surface area contributed by atoms with E-state index in [0.717, 1.165) is 12.1 Å². The maximum atomic E-state index is 13.2. The number of nitrogens with zero attached hydrogens (tertiary/aromatic N) is 3. The van der Waals surface area contributed by atoms with Gasteiger partial charge in [-0.05, 0) is 35.9 Å². The van der Waals surface area contributed by atoms with Crippen LogP contribution in [0.15, 0.2) is 52.4 Å². The van der Waals surface area contributed by atoms with Crippen molar-refractivity contribution >= 4 is 28.4 Å². The summed E-state index contributed by atoms with van der Waals surface area (Å²) >= 11 is 0. The second-order valence-corrected chi connectivity index (χ2v) is 8.00. The molecule has 1 aliphatic rings. The molecule has 1 atom stereocenters. The van der Waals surface area contributed by atoms with Gasteiger partial charge in [0.1, 0.15) is 18.4 Å². The molecule has 160 valence electrons. The Bertz CT molecular complexity index is 1090. The van der Waals surface area contributed by atoms with E-state index in [2.05, 4.69) is 15.4 Å². The number of alkyl halides is 3. The quantitative estimate of drug-likeness (QED) is 0.717. The zero-order valence-corrected chi connectivity index (χ0v) is 16.5. The Labute approximate surface area is 170 Å². The smallest absolute Gasteiger partial charge is 0.416 e. The fourth-order valence-electron chi connectivity index (χ4n) is 2.88. The van der Waals surface area contributed by atoms with Gasteiger partial charge in [-0.25, -0.2) is 28.6 Å². The first-order valence-corrected chi connectivity index (χ1v) is 10.2. The number of primary sulfonamides is 1. The van der Waals surface area contributed by atoms with Crippen molar-refractivity contribution in [3.05, 3.63) is 59.2 Å². The monoisotopic (exact) mass is 441 g/mol. The number of anilines is 1. The Morgan fingerprint density at radius 1 is 1.23 bits per heavy atom. The Kier molecular flexibility index (Phi) is 5.99. The largest absolute Gasteiger partial charge is 0.496 e. The van der Waals surface area contributed by atoms with Crippen LogP contribution in [0.5, 0.6) is 5.75 Å². The molecular formula is C18H18F3N5O3S. The standard InChI is InChI=1S/C18H18F3N5O3S/c1-29-16-6-5-13(18(19,20)21)8-15(16)17-24-10-23-11-26(17)25-14-4-2-3-12(7-14)9-30(22,27)28/h2-8,10-11,17,25H,9H2,1H3,(H2,22,27,28). The van der Waals surface area contributed by atoms with Gasteiger partial charge in [-0.3, -0.25) is 5.43 Å². The second kappa shape index (κ2) is 8.32. The lowest BCUT2D eigenvalue weighted by molar-refractivity contribution is -0.137. The molecule has 0 spiro atoms. The number of rotatable bonds is 6. The predicted octanol–water partition coefficient (Wildman–Crippen LogP) is 2.90. The van der Waals surface area contributed by atoms with Crippen LogP contribution in [-0.2, 0) is 22.0 Å². The second-order valence-electron chi connectivity index (χ2n) is 6.38. The molecule has 2 aromatic rings. The van der Waals surface area contributed by atoms with Crippen molar-refractivity contribution in [3.8, 4) is 5.75 Å². The highest BCUT2D eigenvalue weighted by Gasteiger charge is 2.33. The highest BCUT2D eigenvalue weighted by molar-refractivity contribution is 7.88. The van der Waals surface area contributed by atoms with E-state index in [-0.39, 0.29) is 17.1 Å². The number of methoxy groups -OCH3 is 1. The summed E-state index contributed by atoms with van der Waals surface area (Å²) in [5.41, 5.74) is 3.20. The highest BCUT2D eigenvalue weighted by Crippen LogP contribution is 2.37. The van der Waals surface area contributed by atoms with Crippen LogP contribution in [0.3, 0.4) is 0 Å². The van der Waals surface area contributed by atoms with E-state index < -0.39 is 27.9 Å². The molecule has 0 bridgehead atoms. The molecule has 3 N–H and O–H groups in total. The van der Waals surface area contributed by atoms with E-state index in [0.29, 0.717) is 11.3 Å². The van der Waals surface area contributed by atoms with Crippen LogP contribution in [0.1, 0.15) is 22.9 Å². The third kappa shape index (κ3) is 5.27. The Hall–Kier alpha value is -3.12. The van der Waals surface area contributed by atoms with Gasteiger partial charge < -0.3 is 4.74 Å². The summed E-state index contributed by atoms with van der Waals surface area (Å²) in [5, 5.41) is 6.46. The molecule has 0 saturated carbocycles. The fourth-order valence-corrected chi connectivity index (χ4v) is 3.53. The van der Waals surface area contributed by atoms with Gasteiger partial charge in [-0.2, -0.15) is 13.2 Å². The number of ether oxygens (including phenoxy) is 1. The first-order chi connectivity index (χ1) is 14.1. The molecule has 1 unspecified atom stereocenters. The van der Waals surface area contributed by atoms with Gasteiger partial charge in [0.2, 0.25) is 10.0 Å². The molecule has 0 aromatic heterocycles. The number of nitrogens with two attached hydrogens (primary N) is 1. The minimum absolute atomic E-state index is 0.169. The number of aliphatic imine (C=N–C) groups is 2. The van der Waals surface area contributed by atoms with Crippen molar-refractivity contribution in [1.82, 2.24) is 5.01 Å². The lowest BCUT2D eigenvalue weighted by Crippen LogP contribution is -2.34. The van der Waals surface area contributed by atoms with Crippen molar-refractivity contribution in [2.24, 2.45) is 15.1 Å². The lowest BCUT2D eigenvalue weighted by Gasteiger charge is -2.31. The number of hydrazine groups is 1. The highest BCUT2D eigenvalue weighted by atomic mass is 32.2. The van der Waals surface area contributed by atoms with Crippen LogP contribution >= 0.6 is 0 Å². The number of halogens is 3. The van der Waals surface area contributed by atoms with Crippen molar-refractivity contribution in [3.63, 3.8) is 0 Å². The average molecular weight is 441 g/mol. The summed E-state index contributed by atoms with van der Waals surface area (Å²) in [6.45, 7) is 0. The molecule has 0 fully saturated rings. The van der Waals surface area contributed by atoms with Crippen molar-refractivity contribution in [1.29, 1.82) is 0 Å². The Morgan fingerprint density at radius 2 is 2.00 bits per heavy atom. The van der Waals surface area contributed by atoms with Crippen LogP contribution in [0.2, 0.25) is 0 Å². The van der Waals surface area contributed by atoms with Crippen LogP contribution in [0.4, 0.5) is 18.9 Å². The van der Waals surface area contributed by atoms with Gasteiger partial charge in [0, 0.05) is 5.56 Å². The third-order valence-corrected chi connectivity index (χ3v) is 4.85. The molecule has 1 aliphatic heterocycles. The maximum Gasteiger partial charge on any atom is 0.416 e. The first kappa shape index (κ1) is 21.6. The first-order valence-electron chi connectivity index (χ1n) is 8.51. The fraction of sp³-hybridized carbons (Fsp3) is 0.222. The maximum absolute atomic E-state index is 13.2. The lowest BCUT2D eigenvalue weighted by atomic mass is 10.1. The molecule has 0 radical (unpaired) electrons. The molecule has 3 rings (SSSR count). The zero-order valence-electron chi connectivity index (χ0n) is 15.7. The van der Waals surface area contributed by atoms with Gasteiger partial charge in [0.15, 0.2) is 6.17 Å². The summed E-state index contributed by atoms with van der Waals surface area (Å²) in [6.07, 6.45) is -2.88. The Morgan fingerprint density at radius 3 is 2.67 bits per heavy atom. The normalized spacial score (nSPS) is 16.6. The summed E-state index contributed by atoms with van der Waals surface area (Å²) in [5.74, 6) is -0.144. The minimum Gasteiger partial charge on any atom is -0.496 e. The summed E-state index contributed by atoms with van der Waals surface area (Å²) in [7, 11) is -2.37. The van der Waals surface area contributed by atoms with Crippen LogP contribution < -0.4 is 15.3 Å². The predicted molar refractivity (Wildman–Crippen MR) is 106 cm³/mol. The van der Waals surface area contributed by atoms with E-state index in [1.165, 1.54) is 30.9 Å². The van der Waals surface area contributed by atoms with E-state index in [1.807, 2.05) is 0 Å². The molecule has 8 nitrogen and oxygen atoms in total. The summed E-state index contributed by atoms with van der Waals surface area (Å²) in [6, 6.07) is 9.53. The Balaban J connectivity index is 1.93. The van der Waals surface area contributed by atoms with Crippen LogP contribution in [-0.4, -0.2) is 33.2 Å². The van der Waals surface area contributed by atoms with E-state index in [4.69, 9.17) is 9.88 Å².